The summed E-state index contributed by atoms with van der Waals surface area (Å²) in [7, 11) is 0. The molecule has 0 spiro atoms. The van der Waals surface area contributed by atoms with Gasteiger partial charge in [-0.05, 0) is 43.2 Å². The van der Waals surface area contributed by atoms with Crippen molar-refractivity contribution in [1.29, 1.82) is 0 Å². The van der Waals surface area contributed by atoms with Crippen LogP contribution in [0.2, 0.25) is 0 Å². The zero-order valence-corrected chi connectivity index (χ0v) is 9.28. The SMILES string of the molecule is CCC(CCO)NCC1CCSC1. The number of nitrogens with one attached hydrogen (secondary N) is 1. The Morgan fingerprint density at radius 2 is 2.46 bits per heavy atom. The maximum absolute atomic E-state index is 8.82. The van der Waals surface area contributed by atoms with Crippen LogP contribution in [0.25, 0.3) is 0 Å². The number of hydrogen-bond donors (Lipinski definition) is 2. The summed E-state index contributed by atoms with van der Waals surface area (Å²) in [5.74, 6) is 3.53. The van der Waals surface area contributed by atoms with E-state index < -0.39 is 0 Å². The molecule has 1 fully saturated rings. The van der Waals surface area contributed by atoms with E-state index >= 15 is 0 Å². The third kappa shape index (κ3) is 4.34. The van der Waals surface area contributed by atoms with Gasteiger partial charge < -0.3 is 10.4 Å². The maximum atomic E-state index is 8.82. The molecule has 0 radical (unpaired) electrons. The summed E-state index contributed by atoms with van der Waals surface area (Å²) >= 11 is 2.07. The van der Waals surface area contributed by atoms with Crippen LogP contribution in [0.4, 0.5) is 0 Å². The van der Waals surface area contributed by atoms with Gasteiger partial charge in [-0.2, -0.15) is 11.8 Å². The quantitative estimate of drug-likeness (QED) is 0.686. The first-order valence-corrected chi connectivity index (χ1v) is 6.44. The molecule has 1 aliphatic heterocycles. The first kappa shape index (κ1) is 11.3. The molecule has 13 heavy (non-hydrogen) atoms. The molecule has 1 heterocycles. The Morgan fingerprint density at radius 3 is 3.00 bits per heavy atom. The molecule has 2 atom stereocenters. The van der Waals surface area contributed by atoms with Crippen LogP contribution in [-0.2, 0) is 0 Å². The molecule has 0 amide bonds. The molecule has 78 valence electrons. The van der Waals surface area contributed by atoms with E-state index in [-0.39, 0.29) is 0 Å². The Labute approximate surface area is 85.5 Å². The lowest BCUT2D eigenvalue weighted by Gasteiger charge is -2.18. The van der Waals surface area contributed by atoms with Crippen molar-refractivity contribution in [3.05, 3.63) is 0 Å². The fraction of sp³-hybridized carbons (Fsp3) is 1.00. The van der Waals surface area contributed by atoms with E-state index in [1.54, 1.807) is 0 Å². The largest absolute Gasteiger partial charge is 0.396 e. The van der Waals surface area contributed by atoms with Crippen LogP contribution in [0.15, 0.2) is 0 Å². The van der Waals surface area contributed by atoms with Gasteiger partial charge in [0.1, 0.15) is 0 Å². The van der Waals surface area contributed by atoms with Gasteiger partial charge >= 0.3 is 0 Å². The summed E-state index contributed by atoms with van der Waals surface area (Å²) < 4.78 is 0. The van der Waals surface area contributed by atoms with E-state index in [1.165, 1.54) is 17.9 Å². The number of aliphatic hydroxyl groups is 1. The summed E-state index contributed by atoms with van der Waals surface area (Å²) in [6.45, 7) is 3.63. The highest BCUT2D eigenvalue weighted by atomic mass is 32.2. The molecule has 1 aliphatic rings. The average molecular weight is 203 g/mol. The topological polar surface area (TPSA) is 32.3 Å². The van der Waals surface area contributed by atoms with Gasteiger partial charge in [0.25, 0.3) is 0 Å². The van der Waals surface area contributed by atoms with Gasteiger partial charge in [0.05, 0.1) is 0 Å². The van der Waals surface area contributed by atoms with Gasteiger partial charge in [0.15, 0.2) is 0 Å². The smallest absolute Gasteiger partial charge is 0.0445 e. The standard InChI is InChI=1S/C10H21NOS/c1-2-10(3-5-12)11-7-9-4-6-13-8-9/h9-12H,2-8H2,1H3. The first-order chi connectivity index (χ1) is 6.36. The molecule has 0 aliphatic carbocycles. The third-order valence-corrected chi connectivity index (χ3v) is 3.92. The number of aliphatic hydroxyl groups excluding tert-OH is 1. The highest BCUT2D eigenvalue weighted by molar-refractivity contribution is 7.99. The molecule has 0 aromatic carbocycles. The molecule has 2 unspecified atom stereocenters. The predicted octanol–water partition coefficient (Wildman–Crippen LogP) is 1.49. The molecular weight excluding hydrogens is 182 g/mol. The molecule has 1 rings (SSSR count). The lowest BCUT2D eigenvalue weighted by Crippen LogP contribution is -2.33. The van der Waals surface area contributed by atoms with Crippen molar-refractivity contribution >= 4 is 11.8 Å². The molecule has 0 aromatic heterocycles. The van der Waals surface area contributed by atoms with Crippen molar-refractivity contribution in [3.63, 3.8) is 0 Å². The number of thioether (sulfide) groups is 1. The molecule has 3 heteroatoms. The Balaban J connectivity index is 2.07. The van der Waals surface area contributed by atoms with Crippen LogP contribution < -0.4 is 5.32 Å². The summed E-state index contributed by atoms with van der Waals surface area (Å²) in [6.07, 6.45) is 3.39. The summed E-state index contributed by atoms with van der Waals surface area (Å²) in [5, 5.41) is 12.4. The van der Waals surface area contributed by atoms with Crippen LogP contribution in [0.5, 0.6) is 0 Å². The van der Waals surface area contributed by atoms with Crippen molar-refractivity contribution in [1.82, 2.24) is 5.32 Å². The van der Waals surface area contributed by atoms with Gasteiger partial charge in [0.2, 0.25) is 0 Å². The normalized spacial score (nSPS) is 24.9. The zero-order valence-electron chi connectivity index (χ0n) is 8.46. The van der Waals surface area contributed by atoms with Crippen molar-refractivity contribution < 1.29 is 5.11 Å². The van der Waals surface area contributed by atoms with E-state index in [9.17, 15) is 0 Å². The van der Waals surface area contributed by atoms with E-state index in [0.717, 1.165) is 25.3 Å². The van der Waals surface area contributed by atoms with Crippen LogP contribution in [0.1, 0.15) is 26.2 Å². The fourth-order valence-corrected chi connectivity index (χ4v) is 2.97. The van der Waals surface area contributed by atoms with Crippen LogP contribution in [0.3, 0.4) is 0 Å². The van der Waals surface area contributed by atoms with Gasteiger partial charge in [0, 0.05) is 12.6 Å². The molecule has 2 nitrogen and oxygen atoms in total. The Morgan fingerprint density at radius 1 is 1.62 bits per heavy atom. The highest BCUT2D eigenvalue weighted by Crippen LogP contribution is 2.22. The van der Waals surface area contributed by atoms with E-state index in [1.807, 2.05) is 0 Å². The van der Waals surface area contributed by atoms with Crippen LogP contribution in [0, 0.1) is 5.92 Å². The second kappa shape index (κ2) is 6.68. The van der Waals surface area contributed by atoms with Crippen molar-refractivity contribution in [2.45, 2.75) is 32.2 Å². The van der Waals surface area contributed by atoms with Gasteiger partial charge in [-0.3, -0.25) is 0 Å². The van der Waals surface area contributed by atoms with Gasteiger partial charge in [-0.1, -0.05) is 6.92 Å². The Bertz CT molecular complexity index is 126. The minimum atomic E-state index is 0.310. The Kier molecular flexibility index (Phi) is 5.83. The van der Waals surface area contributed by atoms with Gasteiger partial charge in [-0.25, -0.2) is 0 Å². The molecular formula is C10H21NOS. The van der Waals surface area contributed by atoms with Crippen molar-refractivity contribution in [2.75, 3.05) is 24.7 Å². The second-order valence-electron chi connectivity index (χ2n) is 3.76. The summed E-state index contributed by atoms with van der Waals surface area (Å²) in [5.41, 5.74) is 0. The monoisotopic (exact) mass is 203 g/mol. The van der Waals surface area contributed by atoms with Crippen molar-refractivity contribution in [3.8, 4) is 0 Å². The summed E-state index contributed by atoms with van der Waals surface area (Å²) in [4.78, 5) is 0. The number of hydrogen-bond acceptors (Lipinski definition) is 3. The lowest BCUT2D eigenvalue weighted by molar-refractivity contribution is 0.259. The van der Waals surface area contributed by atoms with E-state index in [0.29, 0.717) is 12.6 Å². The minimum Gasteiger partial charge on any atom is -0.396 e. The zero-order chi connectivity index (χ0) is 9.52. The number of rotatable bonds is 6. The molecule has 0 saturated carbocycles. The molecule has 0 aromatic rings. The van der Waals surface area contributed by atoms with E-state index in [2.05, 4.69) is 24.0 Å². The van der Waals surface area contributed by atoms with Crippen LogP contribution >= 0.6 is 11.8 Å². The van der Waals surface area contributed by atoms with E-state index in [4.69, 9.17) is 5.11 Å². The Hall–Kier alpha value is 0.270. The highest BCUT2D eigenvalue weighted by Gasteiger charge is 2.16. The van der Waals surface area contributed by atoms with Gasteiger partial charge in [-0.15, -0.1) is 0 Å². The first-order valence-electron chi connectivity index (χ1n) is 5.28. The average Bonchev–Trinajstić information content (AvgIpc) is 2.64. The minimum absolute atomic E-state index is 0.310. The van der Waals surface area contributed by atoms with Crippen LogP contribution in [-0.4, -0.2) is 35.8 Å². The predicted molar refractivity (Wildman–Crippen MR) is 59.2 cm³/mol. The molecule has 0 bridgehead atoms. The van der Waals surface area contributed by atoms with Crippen molar-refractivity contribution in [2.24, 2.45) is 5.92 Å². The lowest BCUT2D eigenvalue weighted by atomic mass is 10.1. The summed E-state index contributed by atoms with van der Waals surface area (Å²) in [6, 6.07) is 0.524. The molecule has 1 saturated heterocycles. The second-order valence-corrected chi connectivity index (χ2v) is 4.91. The third-order valence-electron chi connectivity index (χ3n) is 2.69. The fourth-order valence-electron chi connectivity index (χ4n) is 1.68. The molecule has 2 N–H and O–H groups in total. The maximum Gasteiger partial charge on any atom is 0.0445 e.